The number of aliphatic hydroxyl groups excluding tert-OH is 1. The number of aliphatic hydroxyl groups is 1. The van der Waals surface area contributed by atoms with Gasteiger partial charge in [0.05, 0.1) is 6.10 Å². The molecule has 78 valence electrons. The number of hydrogen-bond acceptors (Lipinski definition) is 3. The van der Waals surface area contributed by atoms with Crippen molar-refractivity contribution in [1.82, 2.24) is 4.98 Å². The predicted molar refractivity (Wildman–Crippen MR) is 46.2 cm³/mol. The summed E-state index contributed by atoms with van der Waals surface area (Å²) in [5.74, 6) is -0.0828. The van der Waals surface area contributed by atoms with E-state index in [9.17, 15) is 13.9 Å². The summed E-state index contributed by atoms with van der Waals surface area (Å²) in [6.45, 7) is 0.245. The summed E-state index contributed by atoms with van der Waals surface area (Å²) in [7, 11) is 0. The molecule has 5 heteroatoms. The van der Waals surface area contributed by atoms with E-state index in [-0.39, 0.29) is 11.4 Å². The molecule has 3 nitrogen and oxygen atoms in total. The molecule has 0 spiro atoms. The standard InChI is InChI=1S/C9H11F2NO2/c1-5-3-4-7(14-9(10)11)8(12-5)6(2)13/h3-4,6,9,13H,1-2H3. The van der Waals surface area contributed by atoms with Crippen molar-refractivity contribution in [2.75, 3.05) is 0 Å². The van der Waals surface area contributed by atoms with Crippen LogP contribution in [0.4, 0.5) is 8.78 Å². The van der Waals surface area contributed by atoms with Gasteiger partial charge < -0.3 is 9.84 Å². The fourth-order valence-electron chi connectivity index (χ4n) is 1.06. The lowest BCUT2D eigenvalue weighted by atomic mass is 10.2. The van der Waals surface area contributed by atoms with E-state index in [2.05, 4.69) is 9.72 Å². The van der Waals surface area contributed by atoms with Gasteiger partial charge in [-0.2, -0.15) is 8.78 Å². The Morgan fingerprint density at radius 3 is 2.57 bits per heavy atom. The van der Waals surface area contributed by atoms with Crippen LogP contribution in [0.5, 0.6) is 5.75 Å². The van der Waals surface area contributed by atoms with Crippen LogP contribution in [0.1, 0.15) is 24.4 Å². The lowest BCUT2D eigenvalue weighted by Crippen LogP contribution is -2.08. The van der Waals surface area contributed by atoms with Gasteiger partial charge in [0.1, 0.15) is 11.4 Å². The van der Waals surface area contributed by atoms with Gasteiger partial charge >= 0.3 is 6.61 Å². The third-order valence-corrected chi connectivity index (χ3v) is 1.64. The van der Waals surface area contributed by atoms with E-state index in [1.807, 2.05) is 0 Å². The van der Waals surface area contributed by atoms with Crippen LogP contribution in [0.25, 0.3) is 0 Å². The molecule has 0 saturated carbocycles. The number of hydrogen-bond donors (Lipinski definition) is 1. The molecule has 1 rings (SSSR count). The zero-order valence-corrected chi connectivity index (χ0v) is 7.87. The van der Waals surface area contributed by atoms with Crippen LogP contribution in [0, 0.1) is 6.92 Å². The Morgan fingerprint density at radius 1 is 1.43 bits per heavy atom. The van der Waals surface area contributed by atoms with Gasteiger partial charge in [-0.05, 0) is 26.0 Å². The number of nitrogens with zero attached hydrogens (tertiary/aromatic N) is 1. The van der Waals surface area contributed by atoms with Crippen molar-refractivity contribution in [2.24, 2.45) is 0 Å². The average Bonchev–Trinajstić information content (AvgIpc) is 2.07. The Bertz CT molecular complexity index is 316. The molecule has 1 unspecified atom stereocenters. The molecule has 1 aromatic rings. The smallest absolute Gasteiger partial charge is 0.387 e. The van der Waals surface area contributed by atoms with Crippen molar-refractivity contribution in [3.63, 3.8) is 0 Å². The molecule has 0 aliphatic rings. The first-order valence-corrected chi connectivity index (χ1v) is 4.11. The quantitative estimate of drug-likeness (QED) is 0.817. The number of aromatic nitrogens is 1. The fourth-order valence-corrected chi connectivity index (χ4v) is 1.06. The first-order valence-electron chi connectivity index (χ1n) is 4.11. The minimum Gasteiger partial charge on any atom is -0.433 e. The molecule has 0 aromatic carbocycles. The van der Waals surface area contributed by atoms with Crippen molar-refractivity contribution in [3.05, 3.63) is 23.5 Å². The molecule has 0 bridgehead atoms. The largest absolute Gasteiger partial charge is 0.433 e. The van der Waals surface area contributed by atoms with E-state index in [1.165, 1.54) is 13.0 Å². The molecule has 1 atom stereocenters. The zero-order chi connectivity index (χ0) is 10.7. The van der Waals surface area contributed by atoms with E-state index in [0.717, 1.165) is 0 Å². The molecular formula is C9H11F2NO2. The summed E-state index contributed by atoms with van der Waals surface area (Å²) in [5, 5.41) is 9.25. The van der Waals surface area contributed by atoms with Crippen LogP contribution in [-0.4, -0.2) is 16.7 Å². The SMILES string of the molecule is Cc1ccc(OC(F)F)c(C(C)O)n1. The highest BCUT2D eigenvalue weighted by atomic mass is 19.3. The van der Waals surface area contributed by atoms with Gasteiger partial charge in [-0.15, -0.1) is 0 Å². The maximum Gasteiger partial charge on any atom is 0.387 e. The molecule has 0 aliphatic carbocycles. The molecular weight excluding hydrogens is 192 g/mol. The summed E-state index contributed by atoms with van der Waals surface area (Å²) in [5.41, 5.74) is 0.771. The van der Waals surface area contributed by atoms with E-state index >= 15 is 0 Å². The van der Waals surface area contributed by atoms with Crippen molar-refractivity contribution in [1.29, 1.82) is 0 Å². The first kappa shape index (κ1) is 10.8. The van der Waals surface area contributed by atoms with Crippen LogP contribution < -0.4 is 4.74 Å². The van der Waals surface area contributed by atoms with Gasteiger partial charge in [0.25, 0.3) is 0 Å². The van der Waals surface area contributed by atoms with Crippen molar-refractivity contribution in [2.45, 2.75) is 26.6 Å². The van der Waals surface area contributed by atoms with Gasteiger partial charge in [0.2, 0.25) is 0 Å². The molecule has 0 fully saturated rings. The maximum atomic E-state index is 11.9. The Balaban J connectivity index is 3.02. The highest BCUT2D eigenvalue weighted by Crippen LogP contribution is 2.24. The van der Waals surface area contributed by atoms with Crippen LogP contribution in [0.2, 0.25) is 0 Å². The molecule has 14 heavy (non-hydrogen) atoms. The van der Waals surface area contributed by atoms with Crippen molar-refractivity contribution in [3.8, 4) is 5.75 Å². The summed E-state index contributed by atoms with van der Waals surface area (Å²) < 4.78 is 28.1. The van der Waals surface area contributed by atoms with E-state index < -0.39 is 12.7 Å². The summed E-state index contributed by atoms with van der Waals surface area (Å²) in [6, 6.07) is 2.92. The van der Waals surface area contributed by atoms with E-state index in [0.29, 0.717) is 5.69 Å². The molecule has 0 saturated heterocycles. The van der Waals surface area contributed by atoms with Crippen molar-refractivity contribution >= 4 is 0 Å². The van der Waals surface area contributed by atoms with Gasteiger partial charge in [0.15, 0.2) is 0 Å². The van der Waals surface area contributed by atoms with Crippen LogP contribution in [0.15, 0.2) is 12.1 Å². The van der Waals surface area contributed by atoms with Crippen LogP contribution >= 0.6 is 0 Å². The monoisotopic (exact) mass is 203 g/mol. The maximum absolute atomic E-state index is 11.9. The molecule has 0 aliphatic heterocycles. The predicted octanol–water partition coefficient (Wildman–Crippen LogP) is 2.04. The van der Waals surface area contributed by atoms with E-state index in [4.69, 9.17) is 0 Å². The number of halogens is 2. The topological polar surface area (TPSA) is 42.4 Å². The lowest BCUT2D eigenvalue weighted by molar-refractivity contribution is -0.0518. The summed E-state index contributed by atoms with van der Waals surface area (Å²) >= 11 is 0. The Labute approximate surface area is 80.3 Å². The molecule has 0 radical (unpaired) electrons. The Kier molecular flexibility index (Phi) is 3.35. The number of aryl methyl sites for hydroxylation is 1. The van der Waals surface area contributed by atoms with Crippen LogP contribution in [0.3, 0.4) is 0 Å². The fraction of sp³-hybridized carbons (Fsp3) is 0.444. The lowest BCUT2D eigenvalue weighted by Gasteiger charge is -2.12. The Hall–Kier alpha value is -1.23. The zero-order valence-electron chi connectivity index (χ0n) is 7.87. The second-order valence-corrected chi connectivity index (χ2v) is 2.89. The number of ether oxygens (including phenoxy) is 1. The third-order valence-electron chi connectivity index (χ3n) is 1.64. The average molecular weight is 203 g/mol. The number of alkyl halides is 2. The highest BCUT2D eigenvalue weighted by molar-refractivity contribution is 5.30. The second kappa shape index (κ2) is 4.32. The molecule has 1 aromatic heterocycles. The highest BCUT2D eigenvalue weighted by Gasteiger charge is 2.14. The van der Waals surface area contributed by atoms with Crippen molar-refractivity contribution < 1.29 is 18.6 Å². The van der Waals surface area contributed by atoms with Crippen LogP contribution in [-0.2, 0) is 0 Å². The summed E-state index contributed by atoms with van der Waals surface area (Å²) in [4.78, 5) is 3.92. The minimum absolute atomic E-state index is 0.0828. The Morgan fingerprint density at radius 2 is 2.07 bits per heavy atom. The normalized spacial score (nSPS) is 13.0. The minimum atomic E-state index is -2.91. The van der Waals surface area contributed by atoms with Gasteiger partial charge in [0, 0.05) is 5.69 Å². The number of rotatable bonds is 3. The van der Waals surface area contributed by atoms with Gasteiger partial charge in [-0.25, -0.2) is 0 Å². The molecule has 1 N–H and O–H groups in total. The molecule has 1 heterocycles. The molecule has 0 amide bonds. The second-order valence-electron chi connectivity index (χ2n) is 2.89. The summed E-state index contributed by atoms with van der Waals surface area (Å²) in [6.07, 6.45) is -0.927. The first-order chi connectivity index (χ1) is 6.50. The van der Waals surface area contributed by atoms with E-state index in [1.54, 1.807) is 13.0 Å². The number of pyridine rings is 1. The van der Waals surface area contributed by atoms with Gasteiger partial charge in [-0.1, -0.05) is 0 Å². The van der Waals surface area contributed by atoms with Gasteiger partial charge in [-0.3, -0.25) is 4.98 Å². The third kappa shape index (κ3) is 2.63.